The predicted octanol–water partition coefficient (Wildman–Crippen LogP) is 3.56. The Hall–Kier alpha value is -1.81. The molecule has 92 valence electrons. The molecule has 18 heavy (non-hydrogen) atoms. The Bertz CT molecular complexity index is 681. The maximum absolute atomic E-state index is 4.60. The highest BCUT2D eigenvalue weighted by Crippen LogP contribution is 2.19. The van der Waals surface area contributed by atoms with Crippen LogP contribution < -0.4 is 5.32 Å². The molecule has 3 aromatic rings. The van der Waals surface area contributed by atoms with Gasteiger partial charge in [-0.3, -0.25) is 0 Å². The minimum atomic E-state index is 0.826. The van der Waals surface area contributed by atoms with Crippen LogP contribution in [0.1, 0.15) is 11.1 Å². The first-order valence-corrected chi connectivity index (χ1v) is 6.87. The number of hydrogen-bond donors (Lipinski definition) is 1. The van der Waals surface area contributed by atoms with E-state index in [4.69, 9.17) is 0 Å². The molecule has 3 rings (SSSR count). The molecule has 0 radical (unpaired) electrons. The van der Waals surface area contributed by atoms with Crippen LogP contribution in [0.4, 0.5) is 5.95 Å². The summed E-state index contributed by atoms with van der Waals surface area (Å²) in [6.45, 7) is 2.97. The van der Waals surface area contributed by atoms with Gasteiger partial charge in [0.25, 0.3) is 0 Å². The molecule has 0 bridgehead atoms. The van der Waals surface area contributed by atoms with Crippen molar-refractivity contribution in [3.8, 4) is 0 Å². The van der Waals surface area contributed by atoms with Crippen LogP contribution in [0.15, 0.2) is 35.0 Å². The summed E-state index contributed by atoms with van der Waals surface area (Å²) in [5, 5.41) is 7.76. The zero-order chi connectivity index (χ0) is 12.5. The lowest BCUT2D eigenvalue weighted by Crippen LogP contribution is -2.04. The molecule has 2 heterocycles. The van der Waals surface area contributed by atoms with Crippen molar-refractivity contribution in [3.63, 3.8) is 0 Å². The molecule has 0 saturated heterocycles. The van der Waals surface area contributed by atoms with E-state index in [2.05, 4.69) is 38.6 Å². The summed E-state index contributed by atoms with van der Waals surface area (Å²) in [6, 6.07) is 8.18. The second-order valence-electron chi connectivity index (χ2n) is 4.42. The Balaban J connectivity index is 1.87. The number of hydrogen-bond acceptors (Lipinski definition) is 3. The lowest BCUT2D eigenvalue weighted by molar-refractivity contribution is 0.927. The lowest BCUT2D eigenvalue weighted by Gasteiger charge is -2.05. The summed E-state index contributed by atoms with van der Waals surface area (Å²) in [7, 11) is 2.04. The number of para-hydroxylation sites is 2. The third-order valence-corrected chi connectivity index (χ3v) is 4.10. The van der Waals surface area contributed by atoms with Crippen LogP contribution in [0.2, 0.25) is 0 Å². The molecule has 0 spiro atoms. The molecule has 0 saturated carbocycles. The van der Waals surface area contributed by atoms with E-state index in [9.17, 15) is 0 Å². The molecule has 3 nitrogen and oxygen atoms in total. The number of imidazole rings is 1. The van der Waals surface area contributed by atoms with Crippen LogP contribution >= 0.6 is 11.3 Å². The second-order valence-corrected chi connectivity index (χ2v) is 5.16. The summed E-state index contributed by atoms with van der Waals surface area (Å²) >= 11 is 1.74. The Kier molecular flexibility index (Phi) is 2.80. The number of anilines is 1. The number of benzene rings is 1. The lowest BCUT2D eigenvalue weighted by atomic mass is 10.2. The maximum Gasteiger partial charge on any atom is 0.203 e. The van der Waals surface area contributed by atoms with Gasteiger partial charge in [-0.25, -0.2) is 4.98 Å². The van der Waals surface area contributed by atoms with Crippen molar-refractivity contribution in [2.75, 3.05) is 5.32 Å². The van der Waals surface area contributed by atoms with Crippen molar-refractivity contribution in [2.24, 2.45) is 7.05 Å². The standard InChI is InChI=1S/C14H15N3S/c1-10-8-18-9-11(10)7-15-14-16-12-5-3-4-6-13(12)17(14)2/h3-6,8-9H,7H2,1-2H3,(H,15,16). The van der Waals surface area contributed by atoms with Crippen molar-refractivity contribution in [3.05, 3.63) is 46.2 Å². The first-order valence-electron chi connectivity index (χ1n) is 5.92. The highest BCUT2D eigenvalue weighted by molar-refractivity contribution is 7.08. The van der Waals surface area contributed by atoms with Gasteiger partial charge in [0.1, 0.15) is 0 Å². The first-order chi connectivity index (χ1) is 8.75. The third-order valence-electron chi connectivity index (χ3n) is 3.19. The highest BCUT2D eigenvalue weighted by atomic mass is 32.1. The smallest absolute Gasteiger partial charge is 0.203 e. The number of nitrogens with one attached hydrogen (secondary N) is 1. The predicted molar refractivity (Wildman–Crippen MR) is 77.1 cm³/mol. The maximum atomic E-state index is 4.60. The van der Waals surface area contributed by atoms with Crippen LogP contribution in [-0.2, 0) is 13.6 Å². The number of nitrogens with zero attached hydrogens (tertiary/aromatic N) is 2. The first kappa shape index (κ1) is 11.3. The van der Waals surface area contributed by atoms with Crippen LogP contribution in [0.5, 0.6) is 0 Å². The van der Waals surface area contributed by atoms with Gasteiger partial charge in [-0.15, -0.1) is 0 Å². The number of thiophene rings is 1. The Morgan fingerprint density at radius 1 is 1.28 bits per heavy atom. The van der Waals surface area contributed by atoms with Crippen LogP contribution in [-0.4, -0.2) is 9.55 Å². The fraction of sp³-hybridized carbons (Fsp3) is 0.214. The molecule has 4 heteroatoms. The minimum absolute atomic E-state index is 0.826. The van der Waals surface area contributed by atoms with Gasteiger partial charge < -0.3 is 9.88 Å². The molecule has 0 atom stereocenters. The summed E-state index contributed by atoms with van der Waals surface area (Å²) in [5.74, 6) is 0.918. The Labute approximate surface area is 110 Å². The molecule has 0 aliphatic carbocycles. The van der Waals surface area contributed by atoms with E-state index in [0.717, 1.165) is 23.5 Å². The Morgan fingerprint density at radius 2 is 2.11 bits per heavy atom. The van der Waals surface area contributed by atoms with E-state index in [1.807, 2.05) is 25.2 Å². The average Bonchev–Trinajstić information content (AvgIpc) is 2.92. The van der Waals surface area contributed by atoms with E-state index >= 15 is 0 Å². The Morgan fingerprint density at radius 3 is 2.83 bits per heavy atom. The quantitative estimate of drug-likeness (QED) is 0.777. The van der Waals surface area contributed by atoms with Crippen LogP contribution in [0.3, 0.4) is 0 Å². The number of fused-ring (bicyclic) bond motifs is 1. The van der Waals surface area contributed by atoms with Gasteiger partial charge in [-0.1, -0.05) is 12.1 Å². The molecule has 0 aliphatic heterocycles. The number of aryl methyl sites for hydroxylation is 2. The van der Waals surface area contributed by atoms with Crippen molar-refractivity contribution >= 4 is 28.3 Å². The average molecular weight is 257 g/mol. The molecular weight excluding hydrogens is 242 g/mol. The van der Waals surface area contributed by atoms with Gasteiger partial charge in [0, 0.05) is 13.6 Å². The van der Waals surface area contributed by atoms with Gasteiger partial charge >= 0.3 is 0 Å². The monoisotopic (exact) mass is 257 g/mol. The van der Waals surface area contributed by atoms with Crippen molar-refractivity contribution < 1.29 is 0 Å². The summed E-state index contributed by atoms with van der Waals surface area (Å²) in [4.78, 5) is 4.60. The van der Waals surface area contributed by atoms with E-state index in [0.29, 0.717) is 0 Å². The largest absolute Gasteiger partial charge is 0.352 e. The molecule has 1 aromatic carbocycles. The van der Waals surface area contributed by atoms with Gasteiger partial charge in [0.05, 0.1) is 11.0 Å². The van der Waals surface area contributed by atoms with Gasteiger partial charge in [-0.05, 0) is 40.9 Å². The molecule has 0 unspecified atom stereocenters. The zero-order valence-electron chi connectivity index (χ0n) is 10.5. The van der Waals surface area contributed by atoms with E-state index < -0.39 is 0 Å². The van der Waals surface area contributed by atoms with Crippen molar-refractivity contribution in [1.29, 1.82) is 0 Å². The summed E-state index contributed by atoms with van der Waals surface area (Å²) in [6.07, 6.45) is 0. The van der Waals surface area contributed by atoms with E-state index in [1.54, 1.807) is 11.3 Å². The highest BCUT2D eigenvalue weighted by Gasteiger charge is 2.07. The molecule has 0 aliphatic rings. The second kappa shape index (κ2) is 4.46. The van der Waals surface area contributed by atoms with E-state index in [1.165, 1.54) is 11.1 Å². The van der Waals surface area contributed by atoms with Gasteiger partial charge in [-0.2, -0.15) is 11.3 Å². The van der Waals surface area contributed by atoms with Crippen molar-refractivity contribution in [2.45, 2.75) is 13.5 Å². The third kappa shape index (κ3) is 1.88. The SMILES string of the molecule is Cc1cscc1CNc1nc2ccccc2n1C. The van der Waals surface area contributed by atoms with Crippen molar-refractivity contribution in [1.82, 2.24) is 9.55 Å². The zero-order valence-corrected chi connectivity index (χ0v) is 11.3. The number of aromatic nitrogens is 2. The number of rotatable bonds is 3. The summed E-state index contributed by atoms with van der Waals surface area (Å²) < 4.78 is 2.09. The topological polar surface area (TPSA) is 29.9 Å². The van der Waals surface area contributed by atoms with Gasteiger partial charge in [0.2, 0.25) is 5.95 Å². The summed E-state index contributed by atoms with van der Waals surface area (Å²) in [5.41, 5.74) is 4.87. The molecule has 1 N–H and O–H groups in total. The van der Waals surface area contributed by atoms with Gasteiger partial charge in [0.15, 0.2) is 0 Å². The minimum Gasteiger partial charge on any atom is -0.352 e. The molecule has 0 fully saturated rings. The van der Waals surface area contributed by atoms with E-state index in [-0.39, 0.29) is 0 Å². The molecule has 0 amide bonds. The normalized spacial score (nSPS) is 11.0. The van der Waals surface area contributed by atoms with Crippen LogP contribution in [0.25, 0.3) is 11.0 Å². The van der Waals surface area contributed by atoms with Crippen LogP contribution in [0, 0.1) is 6.92 Å². The molecular formula is C14H15N3S. The molecule has 2 aromatic heterocycles. The fourth-order valence-electron chi connectivity index (χ4n) is 2.05. The fourth-order valence-corrected chi connectivity index (χ4v) is 2.90.